The van der Waals surface area contributed by atoms with Crippen LogP contribution in [-0.4, -0.2) is 35.9 Å². The van der Waals surface area contributed by atoms with Gasteiger partial charge in [-0.05, 0) is 43.9 Å². The molecular formula is C24H32N2O3. The Labute approximate surface area is 174 Å². The number of para-hydroxylation sites is 1. The Hall–Kier alpha value is -2.82. The van der Waals surface area contributed by atoms with E-state index >= 15 is 0 Å². The maximum absolute atomic E-state index is 13.0. The number of hydrogen-bond donors (Lipinski definition) is 1. The average Bonchev–Trinajstić information content (AvgIpc) is 2.70. The Balaban J connectivity index is 2.13. The Morgan fingerprint density at radius 1 is 1.00 bits per heavy atom. The zero-order chi connectivity index (χ0) is 21.4. The molecule has 2 aromatic rings. The molecule has 0 saturated heterocycles. The van der Waals surface area contributed by atoms with E-state index in [2.05, 4.69) is 5.32 Å². The molecule has 0 aliphatic carbocycles. The smallest absolute Gasteiger partial charge is 0.261 e. The third-order valence-corrected chi connectivity index (χ3v) is 4.77. The molecule has 0 bridgehead atoms. The molecular weight excluding hydrogens is 364 g/mol. The van der Waals surface area contributed by atoms with Gasteiger partial charge in [-0.3, -0.25) is 9.59 Å². The lowest BCUT2D eigenvalue weighted by atomic mass is 10.1. The van der Waals surface area contributed by atoms with Gasteiger partial charge in [0.05, 0.1) is 0 Å². The maximum atomic E-state index is 13.0. The van der Waals surface area contributed by atoms with E-state index in [-0.39, 0.29) is 18.4 Å². The third kappa shape index (κ3) is 6.93. The van der Waals surface area contributed by atoms with Crippen molar-refractivity contribution in [3.8, 4) is 5.75 Å². The highest BCUT2D eigenvalue weighted by Crippen LogP contribution is 2.17. The van der Waals surface area contributed by atoms with E-state index in [9.17, 15) is 9.59 Å². The molecule has 2 amide bonds. The number of benzene rings is 2. The van der Waals surface area contributed by atoms with Gasteiger partial charge in [-0.1, -0.05) is 61.9 Å². The molecule has 1 atom stereocenters. The summed E-state index contributed by atoms with van der Waals surface area (Å²) in [4.78, 5) is 27.2. The molecule has 0 aliphatic heterocycles. The fraction of sp³-hybridized carbons (Fsp3) is 0.417. The van der Waals surface area contributed by atoms with Crippen LogP contribution >= 0.6 is 0 Å². The molecule has 5 heteroatoms. The highest BCUT2D eigenvalue weighted by molar-refractivity contribution is 5.88. The zero-order valence-corrected chi connectivity index (χ0v) is 18.1. The first-order chi connectivity index (χ1) is 13.8. The fourth-order valence-electron chi connectivity index (χ4n) is 2.87. The van der Waals surface area contributed by atoms with Gasteiger partial charge in [0.15, 0.2) is 6.61 Å². The van der Waals surface area contributed by atoms with Crippen LogP contribution in [0.2, 0.25) is 0 Å². The zero-order valence-electron chi connectivity index (χ0n) is 18.1. The summed E-state index contributed by atoms with van der Waals surface area (Å²) in [6.07, 6.45) is 0. The average molecular weight is 397 g/mol. The van der Waals surface area contributed by atoms with Crippen LogP contribution in [0.15, 0.2) is 48.5 Å². The summed E-state index contributed by atoms with van der Waals surface area (Å²) in [5.41, 5.74) is 3.09. The Kier molecular flexibility index (Phi) is 8.25. The Bertz CT molecular complexity index is 815. The number of aryl methyl sites for hydroxylation is 2. The van der Waals surface area contributed by atoms with Gasteiger partial charge in [0.1, 0.15) is 11.8 Å². The molecule has 0 spiro atoms. The van der Waals surface area contributed by atoms with Gasteiger partial charge in [0.2, 0.25) is 5.91 Å². The molecule has 0 saturated carbocycles. The van der Waals surface area contributed by atoms with Crippen molar-refractivity contribution in [3.63, 3.8) is 0 Å². The second-order valence-corrected chi connectivity index (χ2v) is 7.88. The van der Waals surface area contributed by atoms with Crippen LogP contribution in [0.3, 0.4) is 0 Å². The predicted molar refractivity (Wildman–Crippen MR) is 116 cm³/mol. The molecule has 0 fully saturated rings. The first-order valence-corrected chi connectivity index (χ1v) is 10.1. The van der Waals surface area contributed by atoms with E-state index in [0.29, 0.717) is 24.8 Å². The summed E-state index contributed by atoms with van der Waals surface area (Å²) in [6, 6.07) is 15.0. The predicted octanol–water partition coefficient (Wildman–Crippen LogP) is 3.87. The number of carbonyl (C=O) groups excluding carboxylic acids is 2. The summed E-state index contributed by atoms with van der Waals surface area (Å²) in [7, 11) is 0. The monoisotopic (exact) mass is 396 g/mol. The minimum absolute atomic E-state index is 0.113. The van der Waals surface area contributed by atoms with Crippen molar-refractivity contribution in [2.45, 2.75) is 47.2 Å². The largest absolute Gasteiger partial charge is 0.484 e. The molecule has 0 radical (unpaired) electrons. The summed E-state index contributed by atoms with van der Waals surface area (Å²) in [5, 5.41) is 2.92. The fourth-order valence-corrected chi connectivity index (χ4v) is 2.87. The number of ether oxygens (including phenoxy) is 1. The van der Waals surface area contributed by atoms with E-state index in [4.69, 9.17) is 4.74 Å². The topological polar surface area (TPSA) is 58.6 Å². The molecule has 0 aromatic heterocycles. The second kappa shape index (κ2) is 10.6. The Morgan fingerprint density at radius 3 is 2.28 bits per heavy atom. The number of carbonyl (C=O) groups is 2. The standard InChI is InChI=1S/C24H32N2O3/c1-17(2)14-25-24(28)20(5)26(15-21-12-10-18(3)11-13-21)23(27)16-29-22-9-7-6-8-19(22)4/h6-13,17,20H,14-16H2,1-5H3,(H,25,28). The molecule has 2 aromatic carbocycles. The van der Waals surface area contributed by atoms with Gasteiger partial charge < -0.3 is 15.0 Å². The highest BCUT2D eigenvalue weighted by Gasteiger charge is 2.26. The first kappa shape index (κ1) is 22.5. The SMILES string of the molecule is Cc1ccc(CN(C(=O)COc2ccccc2C)C(C)C(=O)NCC(C)C)cc1. The van der Waals surface area contributed by atoms with Crippen LogP contribution in [0, 0.1) is 19.8 Å². The second-order valence-electron chi connectivity index (χ2n) is 7.88. The van der Waals surface area contributed by atoms with Gasteiger partial charge in [0, 0.05) is 13.1 Å². The molecule has 1 N–H and O–H groups in total. The van der Waals surface area contributed by atoms with Crippen molar-refractivity contribution < 1.29 is 14.3 Å². The third-order valence-electron chi connectivity index (χ3n) is 4.77. The number of amides is 2. The van der Waals surface area contributed by atoms with Crippen LogP contribution in [0.1, 0.15) is 37.5 Å². The molecule has 0 heterocycles. The maximum Gasteiger partial charge on any atom is 0.261 e. The molecule has 156 valence electrons. The summed E-state index contributed by atoms with van der Waals surface area (Å²) >= 11 is 0. The molecule has 5 nitrogen and oxygen atoms in total. The van der Waals surface area contributed by atoms with Crippen molar-refractivity contribution in [1.82, 2.24) is 10.2 Å². The van der Waals surface area contributed by atoms with Gasteiger partial charge in [-0.25, -0.2) is 0 Å². The number of nitrogens with one attached hydrogen (secondary N) is 1. The lowest BCUT2D eigenvalue weighted by Crippen LogP contribution is -2.49. The number of hydrogen-bond acceptors (Lipinski definition) is 3. The van der Waals surface area contributed by atoms with Crippen molar-refractivity contribution in [3.05, 3.63) is 65.2 Å². The number of rotatable bonds is 9. The van der Waals surface area contributed by atoms with Crippen molar-refractivity contribution in [2.75, 3.05) is 13.2 Å². The minimum atomic E-state index is -0.594. The van der Waals surface area contributed by atoms with E-state index < -0.39 is 6.04 Å². The molecule has 0 aliphatic rings. The van der Waals surface area contributed by atoms with E-state index in [1.165, 1.54) is 0 Å². The molecule has 29 heavy (non-hydrogen) atoms. The van der Waals surface area contributed by atoms with Gasteiger partial charge >= 0.3 is 0 Å². The molecule has 2 rings (SSSR count). The lowest BCUT2D eigenvalue weighted by molar-refractivity contribution is -0.142. The van der Waals surface area contributed by atoms with E-state index in [1.54, 1.807) is 11.8 Å². The lowest BCUT2D eigenvalue weighted by Gasteiger charge is -2.29. The van der Waals surface area contributed by atoms with Crippen LogP contribution in [0.4, 0.5) is 0 Å². The Morgan fingerprint density at radius 2 is 1.66 bits per heavy atom. The minimum Gasteiger partial charge on any atom is -0.484 e. The molecule has 1 unspecified atom stereocenters. The van der Waals surface area contributed by atoms with Crippen LogP contribution in [-0.2, 0) is 16.1 Å². The van der Waals surface area contributed by atoms with Crippen LogP contribution in [0.5, 0.6) is 5.75 Å². The van der Waals surface area contributed by atoms with Crippen molar-refractivity contribution in [1.29, 1.82) is 0 Å². The summed E-state index contributed by atoms with van der Waals surface area (Å²) in [6.45, 7) is 10.6. The van der Waals surface area contributed by atoms with E-state index in [1.807, 2.05) is 76.2 Å². The van der Waals surface area contributed by atoms with Crippen molar-refractivity contribution in [2.24, 2.45) is 5.92 Å². The first-order valence-electron chi connectivity index (χ1n) is 10.1. The van der Waals surface area contributed by atoms with Crippen LogP contribution in [0.25, 0.3) is 0 Å². The van der Waals surface area contributed by atoms with Gasteiger partial charge in [0.25, 0.3) is 5.91 Å². The normalized spacial score (nSPS) is 11.8. The van der Waals surface area contributed by atoms with Gasteiger partial charge in [-0.15, -0.1) is 0 Å². The highest BCUT2D eigenvalue weighted by atomic mass is 16.5. The van der Waals surface area contributed by atoms with Crippen LogP contribution < -0.4 is 10.1 Å². The number of nitrogens with zero attached hydrogens (tertiary/aromatic N) is 1. The van der Waals surface area contributed by atoms with E-state index in [0.717, 1.165) is 16.7 Å². The summed E-state index contributed by atoms with van der Waals surface area (Å²) < 4.78 is 5.74. The van der Waals surface area contributed by atoms with Crippen molar-refractivity contribution >= 4 is 11.8 Å². The quantitative estimate of drug-likeness (QED) is 0.700. The summed E-state index contributed by atoms with van der Waals surface area (Å²) in [5.74, 6) is 0.640. The van der Waals surface area contributed by atoms with Gasteiger partial charge in [-0.2, -0.15) is 0 Å².